The van der Waals surface area contributed by atoms with Gasteiger partial charge in [-0.2, -0.15) is 0 Å². The fourth-order valence-corrected chi connectivity index (χ4v) is 1.88. The summed E-state index contributed by atoms with van der Waals surface area (Å²) in [5.41, 5.74) is 8.51. The van der Waals surface area contributed by atoms with Crippen molar-refractivity contribution >= 4 is 22.1 Å². The summed E-state index contributed by atoms with van der Waals surface area (Å²) in [6.07, 6.45) is 5.08. The Bertz CT molecular complexity index is 664. The van der Waals surface area contributed by atoms with Crippen LogP contribution in [0, 0.1) is 0 Å². The number of nitrogen functional groups attached to an aromatic ring is 1. The maximum absolute atomic E-state index is 5.92. The SMILES string of the molecule is Nc1ccc(NCc2ccon2)c2ccncc12. The second-order valence-corrected chi connectivity index (χ2v) is 3.97. The molecule has 0 bridgehead atoms. The molecular weight excluding hydrogens is 228 g/mol. The van der Waals surface area contributed by atoms with E-state index in [1.807, 2.05) is 24.3 Å². The standard InChI is InChI=1S/C13H12N4O/c14-12-1-2-13(10-3-5-15-8-11(10)12)16-7-9-4-6-18-17-9/h1-6,8,16H,7,14H2. The molecule has 90 valence electrons. The summed E-state index contributed by atoms with van der Waals surface area (Å²) < 4.78 is 4.79. The van der Waals surface area contributed by atoms with Crippen molar-refractivity contribution in [2.45, 2.75) is 6.54 Å². The van der Waals surface area contributed by atoms with Gasteiger partial charge in [-0.15, -0.1) is 0 Å². The van der Waals surface area contributed by atoms with Gasteiger partial charge in [0, 0.05) is 40.6 Å². The van der Waals surface area contributed by atoms with Crippen molar-refractivity contribution in [1.29, 1.82) is 0 Å². The van der Waals surface area contributed by atoms with E-state index in [-0.39, 0.29) is 0 Å². The Labute approximate surface area is 104 Å². The third kappa shape index (κ3) is 1.86. The fourth-order valence-electron chi connectivity index (χ4n) is 1.88. The molecule has 0 saturated heterocycles. The third-order valence-corrected chi connectivity index (χ3v) is 2.80. The first-order chi connectivity index (χ1) is 8.84. The van der Waals surface area contributed by atoms with Crippen LogP contribution >= 0.6 is 0 Å². The number of pyridine rings is 1. The molecule has 1 aromatic carbocycles. The van der Waals surface area contributed by atoms with Gasteiger partial charge in [0.25, 0.3) is 0 Å². The minimum atomic E-state index is 0.609. The maximum Gasteiger partial charge on any atom is 0.124 e. The van der Waals surface area contributed by atoms with Crippen LogP contribution < -0.4 is 11.1 Å². The number of benzene rings is 1. The van der Waals surface area contributed by atoms with Crippen molar-refractivity contribution < 1.29 is 4.52 Å². The highest BCUT2D eigenvalue weighted by molar-refractivity contribution is 6.00. The average Bonchev–Trinajstić information content (AvgIpc) is 2.92. The first kappa shape index (κ1) is 10.6. The van der Waals surface area contributed by atoms with Crippen molar-refractivity contribution in [2.24, 2.45) is 0 Å². The number of anilines is 2. The summed E-state index contributed by atoms with van der Waals surface area (Å²) in [5.74, 6) is 0. The number of nitrogens with one attached hydrogen (secondary N) is 1. The zero-order valence-corrected chi connectivity index (χ0v) is 9.63. The molecule has 0 aliphatic heterocycles. The van der Waals surface area contributed by atoms with E-state index in [2.05, 4.69) is 15.5 Å². The highest BCUT2D eigenvalue weighted by atomic mass is 16.5. The van der Waals surface area contributed by atoms with Crippen LogP contribution in [0.3, 0.4) is 0 Å². The first-order valence-electron chi connectivity index (χ1n) is 5.60. The first-order valence-corrected chi connectivity index (χ1v) is 5.60. The fraction of sp³-hybridized carbons (Fsp3) is 0.0769. The number of rotatable bonds is 3. The predicted molar refractivity (Wildman–Crippen MR) is 70.0 cm³/mol. The summed E-state index contributed by atoms with van der Waals surface area (Å²) in [6.45, 7) is 0.609. The predicted octanol–water partition coefficient (Wildman–Crippen LogP) is 2.42. The second-order valence-electron chi connectivity index (χ2n) is 3.97. The number of fused-ring (bicyclic) bond motifs is 1. The maximum atomic E-state index is 5.92. The van der Waals surface area contributed by atoms with Gasteiger partial charge in [0.05, 0.1) is 6.54 Å². The molecule has 0 radical (unpaired) electrons. The monoisotopic (exact) mass is 240 g/mol. The van der Waals surface area contributed by atoms with Gasteiger partial charge in [-0.1, -0.05) is 5.16 Å². The molecule has 5 heteroatoms. The van der Waals surface area contributed by atoms with Crippen LogP contribution in [0.5, 0.6) is 0 Å². The van der Waals surface area contributed by atoms with Crippen molar-refractivity contribution in [3.63, 3.8) is 0 Å². The second kappa shape index (κ2) is 4.37. The molecule has 2 aromatic heterocycles. The molecule has 0 unspecified atom stereocenters. The molecule has 0 atom stereocenters. The van der Waals surface area contributed by atoms with Crippen molar-refractivity contribution in [1.82, 2.24) is 10.1 Å². The van der Waals surface area contributed by atoms with E-state index in [1.54, 1.807) is 18.7 Å². The summed E-state index contributed by atoms with van der Waals surface area (Å²) >= 11 is 0. The molecule has 18 heavy (non-hydrogen) atoms. The lowest BCUT2D eigenvalue weighted by Gasteiger charge is -2.09. The summed E-state index contributed by atoms with van der Waals surface area (Å²) in [5, 5.41) is 9.16. The smallest absolute Gasteiger partial charge is 0.124 e. The van der Waals surface area contributed by atoms with Gasteiger partial charge in [-0.3, -0.25) is 4.98 Å². The number of nitrogens with zero attached hydrogens (tertiary/aromatic N) is 2. The minimum absolute atomic E-state index is 0.609. The Hall–Kier alpha value is -2.56. The Balaban J connectivity index is 1.94. The summed E-state index contributed by atoms with van der Waals surface area (Å²) in [7, 11) is 0. The van der Waals surface area contributed by atoms with Gasteiger partial charge < -0.3 is 15.6 Å². The molecule has 5 nitrogen and oxygen atoms in total. The Morgan fingerprint density at radius 1 is 1.17 bits per heavy atom. The lowest BCUT2D eigenvalue weighted by Crippen LogP contribution is -2.01. The topological polar surface area (TPSA) is 77.0 Å². The van der Waals surface area contributed by atoms with Gasteiger partial charge in [0.15, 0.2) is 0 Å². The van der Waals surface area contributed by atoms with Crippen LogP contribution in [0.1, 0.15) is 5.69 Å². The van der Waals surface area contributed by atoms with E-state index >= 15 is 0 Å². The largest absolute Gasteiger partial charge is 0.398 e. The third-order valence-electron chi connectivity index (χ3n) is 2.80. The number of hydrogen-bond acceptors (Lipinski definition) is 5. The molecule has 3 N–H and O–H groups in total. The Kier molecular flexibility index (Phi) is 2.57. The molecule has 3 aromatic rings. The molecule has 0 spiro atoms. The van der Waals surface area contributed by atoms with Gasteiger partial charge in [-0.05, 0) is 18.2 Å². The zero-order chi connectivity index (χ0) is 12.4. The van der Waals surface area contributed by atoms with Crippen LogP contribution in [0.2, 0.25) is 0 Å². The lowest BCUT2D eigenvalue weighted by atomic mass is 10.1. The van der Waals surface area contributed by atoms with Gasteiger partial charge in [0.1, 0.15) is 12.0 Å². The van der Waals surface area contributed by atoms with E-state index < -0.39 is 0 Å². The Morgan fingerprint density at radius 2 is 2.11 bits per heavy atom. The van der Waals surface area contributed by atoms with Crippen LogP contribution in [0.15, 0.2) is 47.4 Å². The van der Waals surface area contributed by atoms with Crippen molar-refractivity contribution in [3.8, 4) is 0 Å². The molecule has 0 fully saturated rings. The highest BCUT2D eigenvalue weighted by Gasteiger charge is 2.04. The van der Waals surface area contributed by atoms with Gasteiger partial charge in [-0.25, -0.2) is 0 Å². The van der Waals surface area contributed by atoms with E-state index in [0.717, 1.165) is 27.8 Å². The van der Waals surface area contributed by atoms with Crippen molar-refractivity contribution in [2.75, 3.05) is 11.1 Å². The molecule has 0 saturated carbocycles. The molecular formula is C13H12N4O. The zero-order valence-electron chi connectivity index (χ0n) is 9.63. The molecule has 0 amide bonds. The van der Waals surface area contributed by atoms with E-state index in [9.17, 15) is 0 Å². The van der Waals surface area contributed by atoms with Crippen LogP contribution in [-0.4, -0.2) is 10.1 Å². The number of nitrogens with two attached hydrogens (primary N) is 1. The van der Waals surface area contributed by atoms with Crippen molar-refractivity contribution in [3.05, 3.63) is 48.6 Å². The molecule has 0 aliphatic rings. The average molecular weight is 240 g/mol. The normalized spacial score (nSPS) is 10.7. The minimum Gasteiger partial charge on any atom is -0.398 e. The molecule has 0 aliphatic carbocycles. The van der Waals surface area contributed by atoms with Gasteiger partial charge >= 0.3 is 0 Å². The quantitative estimate of drug-likeness (QED) is 0.687. The van der Waals surface area contributed by atoms with E-state index in [4.69, 9.17) is 10.3 Å². The van der Waals surface area contributed by atoms with Crippen LogP contribution in [0.25, 0.3) is 10.8 Å². The molecule has 3 rings (SSSR count). The van der Waals surface area contributed by atoms with E-state index in [0.29, 0.717) is 6.54 Å². The lowest BCUT2D eigenvalue weighted by molar-refractivity contribution is 0.412. The highest BCUT2D eigenvalue weighted by Crippen LogP contribution is 2.27. The summed E-state index contributed by atoms with van der Waals surface area (Å²) in [6, 6.07) is 7.60. The van der Waals surface area contributed by atoms with Crippen LogP contribution in [0.4, 0.5) is 11.4 Å². The van der Waals surface area contributed by atoms with Crippen LogP contribution in [-0.2, 0) is 6.54 Å². The number of hydrogen-bond donors (Lipinski definition) is 2. The number of aromatic nitrogens is 2. The van der Waals surface area contributed by atoms with E-state index in [1.165, 1.54) is 0 Å². The summed E-state index contributed by atoms with van der Waals surface area (Å²) in [4.78, 5) is 4.09. The molecule has 2 heterocycles. The Morgan fingerprint density at radius 3 is 2.94 bits per heavy atom. The van der Waals surface area contributed by atoms with Gasteiger partial charge in [0.2, 0.25) is 0 Å².